The second kappa shape index (κ2) is 6.89. The Morgan fingerprint density at radius 1 is 1.29 bits per heavy atom. The summed E-state index contributed by atoms with van der Waals surface area (Å²) < 4.78 is 13.6. The molecule has 2 rings (SSSR count). The van der Waals surface area contributed by atoms with Crippen LogP contribution in [0.25, 0.3) is 0 Å². The Balaban J connectivity index is 2.37. The van der Waals surface area contributed by atoms with Gasteiger partial charge in [0.25, 0.3) is 0 Å². The van der Waals surface area contributed by atoms with Gasteiger partial charge in [0, 0.05) is 5.54 Å². The number of nitrogens with one attached hydrogen (secondary N) is 1. The number of halogens is 1. The first-order valence-corrected chi connectivity index (χ1v) is 8.27. The van der Waals surface area contributed by atoms with Crippen molar-refractivity contribution < 1.29 is 4.39 Å². The molecule has 1 N–H and O–H groups in total. The molecule has 2 atom stereocenters. The van der Waals surface area contributed by atoms with Crippen LogP contribution in [0.2, 0.25) is 0 Å². The molecule has 1 fully saturated rings. The van der Waals surface area contributed by atoms with E-state index < -0.39 is 0 Å². The molecule has 1 aliphatic heterocycles. The van der Waals surface area contributed by atoms with E-state index in [-0.39, 0.29) is 17.4 Å². The highest BCUT2D eigenvalue weighted by Gasteiger charge is 2.39. The Morgan fingerprint density at radius 3 is 2.48 bits per heavy atom. The average molecular weight is 292 g/mol. The van der Waals surface area contributed by atoms with Crippen molar-refractivity contribution in [1.82, 2.24) is 10.2 Å². The van der Waals surface area contributed by atoms with Crippen LogP contribution >= 0.6 is 0 Å². The molecule has 1 aromatic rings. The van der Waals surface area contributed by atoms with Gasteiger partial charge in [0.1, 0.15) is 5.82 Å². The highest BCUT2D eigenvalue weighted by Crippen LogP contribution is 2.36. The minimum atomic E-state index is -0.117. The Kier molecular flexibility index (Phi) is 5.39. The van der Waals surface area contributed by atoms with Crippen molar-refractivity contribution in [2.24, 2.45) is 0 Å². The fraction of sp³-hybridized carbons (Fsp3) is 0.667. The molecule has 0 aromatic heterocycles. The number of likely N-dealkylation sites (N-methyl/N-ethyl adjacent to an activating group) is 1. The molecule has 1 heterocycles. The van der Waals surface area contributed by atoms with Crippen LogP contribution in [-0.4, -0.2) is 30.1 Å². The Hall–Kier alpha value is -0.930. The first-order valence-electron chi connectivity index (χ1n) is 8.27. The van der Waals surface area contributed by atoms with Crippen LogP contribution in [0, 0.1) is 12.7 Å². The SMILES string of the molecule is CCNC(c1ccc(F)c(C)c1)C(C)(CC)N1CCCC1. The van der Waals surface area contributed by atoms with Gasteiger partial charge >= 0.3 is 0 Å². The predicted molar refractivity (Wildman–Crippen MR) is 87.1 cm³/mol. The number of nitrogens with zero attached hydrogens (tertiary/aromatic N) is 1. The predicted octanol–water partition coefficient (Wildman–Crippen LogP) is 4.05. The van der Waals surface area contributed by atoms with E-state index in [0.717, 1.165) is 18.5 Å². The van der Waals surface area contributed by atoms with E-state index in [1.165, 1.54) is 31.5 Å². The van der Waals surface area contributed by atoms with Crippen LogP contribution in [0.1, 0.15) is 57.2 Å². The van der Waals surface area contributed by atoms with Gasteiger partial charge in [-0.25, -0.2) is 4.39 Å². The van der Waals surface area contributed by atoms with Crippen molar-refractivity contribution in [3.8, 4) is 0 Å². The summed E-state index contributed by atoms with van der Waals surface area (Å²) in [5, 5.41) is 3.65. The zero-order valence-corrected chi connectivity index (χ0v) is 13.9. The molecular weight excluding hydrogens is 263 g/mol. The summed E-state index contributed by atoms with van der Waals surface area (Å²) >= 11 is 0. The summed E-state index contributed by atoms with van der Waals surface area (Å²) in [6.07, 6.45) is 3.66. The molecule has 118 valence electrons. The van der Waals surface area contributed by atoms with Crippen LogP contribution in [0.3, 0.4) is 0 Å². The molecular formula is C18H29FN2. The zero-order chi connectivity index (χ0) is 15.5. The minimum absolute atomic E-state index is 0.0801. The van der Waals surface area contributed by atoms with E-state index in [1.54, 1.807) is 6.07 Å². The molecule has 0 aliphatic carbocycles. The highest BCUT2D eigenvalue weighted by atomic mass is 19.1. The molecule has 21 heavy (non-hydrogen) atoms. The van der Waals surface area contributed by atoms with E-state index >= 15 is 0 Å². The first-order chi connectivity index (χ1) is 10.0. The average Bonchev–Trinajstić information content (AvgIpc) is 3.02. The van der Waals surface area contributed by atoms with Gasteiger partial charge in [0.2, 0.25) is 0 Å². The van der Waals surface area contributed by atoms with Gasteiger partial charge in [-0.05, 0) is 69.9 Å². The van der Waals surface area contributed by atoms with Crippen molar-refractivity contribution >= 4 is 0 Å². The van der Waals surface area contributed by atoms with Gasteiger partial charge in [0.15, 0.2) is 0 Å². The fourth-order valence-electron chi connectivity index (χ4n) is 3.59. The van der Waals surface area contributed by atoms with Gasteiger partial charge in [-0.15, -0.1) is 0 Å². The Bertz CT molecular complexity index is 468. The van der Waals surface area contributed by atoms with Crippen LogP contribution in [-0.2, 0) is 0 Å². The molecule has 0 amide bonds. The lowest BCUT2D eigenvalue weighted by Gasteiger charge is -2.45. The van der Waals surface area contributed by atoms with Gasteiger partial charge in [-0.3, -0.25) is 4.90 Å². The molecule has 0 spiro atoms. The summed E-state index contributed by atoms with van der Waals surface area (Å²) in [5.41, 5.74) is 2.01. The highest BCUT2D eigenvalue weighted by molar-refractivity contribution is 5.29. The molecule has 2 nitrogen and oxygen atoms in total. The van der Waals surface area contributed by atoms with Crippen molar-refractivity contribution in [3.05, 3.63) is 35.1 Å². The maximum atomic E-state index is 13.6. The molecule has 2 unspecified atom stereocenters. The number of hydrogen-bond donors (Lipinski definition) is 1. The normalized spacial score (nSPS) is 20.4. The summed E-state index contributed by atoms with van der Waals surface area (Å²) in [6.45, 7) is 11.9. The third-order valence-electron chi connectivity index (χ3n) is 5.09. The van der Waals surface area contributed by atoms with Crippen molar-refractivity contribution in [1.29, 1.82) is 0 Å². The molecule has 0 radical (unpaired) electrons. The van der Waals surface area contributed by atoms with E-state index in [4.69, 9.17) is 0 Å². The molecule has 0 bridgehead atoms. The van der Waals surface area contributed by atoms with E-state index in [1.807, 2.05) is 19.1 Å². The third-order valence-corrected chi connectivity index (χ3v) is 5.09. The summed E-state index contributed by atoms with van der Waals surface area (Å²) in [7, 11) is 0. The number of benzene rings is 1. The van der Waals surface area contributed by atoms with E-state index in [2.05, 4.69) is 31.0 Å². The number of aryl methyl sites for hydroxylation is 1. The Labute approximate surface area is 128 Å². The molecule has 1 saturated heterocycles. The smallest absolute Gasteiger partial charge is 0.126 e. The van der Waals surface area contributed by atoms with Gasteiger partial charge < -0.3 is 5.32 Å². The maximum absolute atomic E-state index is 13.6. The monoisotopic (exact) mass is 292 g/mol. The topological polar surface area (TPSA) is 15.3 Å². The Morgan fingerprint density at radius 2 is 1.95 bits per heavy atom. The lowest BCUT2D eigenvalue weighted by atomic mass is 9.82. The van der Waals surface area contributed by atoms with Crippen LogP contribution < -0.4 is 5.32 Å². The van der Waals surface area contributed by atoms with Crippen molar-refractivity contribution in [2.75, 3.05) is 19.6 Å². The number of rotatable bonds is 6. The molecule has 1 aromatic carbocycles. The fourth-order valence-corrected chi connectivity index (χ4v) is 3.59. The summed E-state index contributed by atoms with van der Waals surface area (Å²) in [5.74, 6) is -0.117. The zero-order valence-electron chi connectivity index (χ0n) is 13.9. The lowest BCUT2D eigenvalue weighted by Crippen LogP contribution is -2.53. The maximum Gasteiger partial charge on any atom is 0.126 e. The quantitative estimate of drug-likeness (QED) is 0.851. The van der Waals surface area contributed by atoms with Gasteiger partial charge in [-0.2, -0.15) is 0 Å². The molecule has 1 aliphatic rings. The third kappa shape index (κ3) is 3.29. The molecule has 3 heteroatoms. The second-order valence-corrected chi connectivity index (χ2v) is 6.40. The summed E-state index contributed by atoms with van der Waals surface area (Å²) in [6, 6.07) is 5.80. The van der Waals surface area contributed by atoms with Crippen molar-refractivity contribution in [3.63, 3.8) is 0 Å². The number of hydrogen-bond acceptors (Lipinski definition) is 2. The first kappa shape index (κ1) is 16.4. The van der Waals surface area contributed by atoms with Crippen LogP contribution in [0.4, 0.5) is 4.39 Å². The second-order valence-electron chi connectivity index (χ2n) is 6.40. The molecule has 0 saturated carbocycles. The van der Waals surface area contributed by atoms with Crippen molar-refractivity contribution in [2.45, 2.75) is 58.5 Å². The number of likely N-dealkylation sites (tertiary alicyclic amines) is 1. The van der Waals surface area contributed by atoms with E-state index in [0.29, 0.717) is 0 Å². The van der Waals surface area contributed by atoms with Crippen LogP contribution in [0.5, 0.6) is 0 Å². The van der Waals surface area contributed by atoms with Crippen LogP contribution in [0.15, 0.2) is 18.2 Å². The largest absolute Gasteiger partial charge is 0.309 e. The van der Waals surface area contributed by atoms with Gasteiger partial charge in [-0.1, -0.05) is 26.0 Å². The lowest BCUT2D eigenvalue weighted by molar-refractivity contribution is 0.0846. The van der Waals surface area contributed by atoms with E-state index in [9.17, 15) is 4.39 Å². The standard InChI is InChI=1S/C18H29FN2/c1-5-18(4,21-11-7-8-12-21)17(20-6-2)15-9-10-16(19)14(3)13-15/h9-10,13,17,20H,5-8,11-12H2,1-4H3. The summed E-state index contributed by atoms with van der Waals surface area (Å²) in [4.78, 5) is 2.61. The minimum Gasteiger partial charge on any atom is -0.309 e. The van der Waals surface area contributed by atoms with Gasteiger partial charge in [0.05, 0.1) is 6.04 Å².